The fraction of sp³-hybridized carbons (Fsp3) is 1.00. The number of rotatable bonds is 2. The minimum absolute atomic E-state index is 0.0567. The van der Waals surface area contributed by atoms with Crippen molar-refractivity contribution in [2.45, 2.75) is 31.3 Å². The van der Waals surface area contributed by atoms with E-state index in [2.05, 4.69) is 5.32 Å². The summed E-state index contributed by atoms with van der Waals surface area (Å²) < 4.78 is 5.13. The first-order chi connectivity index (χ1) is 5.22. The Hall–Kier alpha value is -0.160. The molecule has 1 heterocycles. The third-order valence-electron chi connectivity index (χ3n) is 1.79. The van der Waals surface area contributed by atoms with Crippen LogP contribution in [0.3, 0.4) is 0 Å². The fourth-order valence-electron chi connectivity index (χ4n) is 1.32. The van der Waals surface area contributed by atoms with Crippen LogP contribution in [-0.4, -0.2) is 42.3 Å². The van der Waals surface area contributed by atoms with Gasteiger partial charge in [-0.3, -0.25) is 0 Å². The second kappa shape index (κ2) is 4.01. The fourth-order valence-corrected chi connectivity index (χ4v) is 1.32. The average molecular weight is 161 g/mol. The van der Waals surface area contributed by atoms with Crippen molar-refractivity contribution in [2.24, 2.45) is 0 Å². The number of likely N-dealkylation sites (N-methyl/N-ethyl adjacent to an activating group) is 1. The van der Waals surface area contributed by atoms with Crippen LogP contribution in [0.15, 0.2) is 0 Å². The minimum atomic E-state index is -0.794. The Labute approximate surface area is 66.2 Å². The van der Waals surface area contributed by atoms with E-state index in [1.165, 1.54) is 0 Å². The summed E-state index contributed by atoms with van der Waals surface area (Å²) in [5.74, 6) is 0. The third kappa shape index (κ3) is 2.75. The summed E-state index contributed by atoms with van der Waals surface area (Å²) in [5.41, 5.74) is 0. The van der Waals surface area contributed by atoms with Crippen molar-refractivity contribution >= 4 is 0 Å². The molecule has 0 bridgehead atoms. The lowest BCUT2D eigenvalue weighted by atomic mass is 10.1. The highest BCUT2D eigenvalue weighted by Gasteiger charge is 2.25. The van der Waals surface area contributed by atoms with Crippen molar-refractivity contribution < 1.29 is 14.9 Å². The van der Waals surface area contributed by atoms with Gasteiger partial charge in [0.25, 0.3) is 0 Å². The topological polar surface area (TPSA) is 61.7 Å². The van der Waals surface area contributed by atoms with Crippen molar-refractivity contribution in [3.63, 3.8) is 0 Å². The van der Waals surface area contributed by atoms with Gasteiger partial charge in [-0.05, 0) is 7.05 Å². The molecule has 1 rings (SSSR count). The first-order valence-electron chi connectivity index (χ1n) is 3.88. The number of ether oxygens (including phenoxy) is 1. The zero-order chi connectivity index (χ0) is 8.27. The van der Waals surface area contributed by atoms with Crippen LogP contribution in [0, 0.1) is 0 Å². The number of nitrogens with one attached hydrogen (secondary N) is 1. The molecule has 1 aliphatic heterocycles. The lowest BCUT2D eigenvalue weighted by molar-refractivity contribution is -0.187. The quantitative estimate of drug-likeness (QED) is 0.489. The molecule has 3 N–H and O–H groups in total. The third-order valence-corrected chi connectivity index (χ3v) is 1.79. The smallest absolute Gasteiger partial charge is 0.157 e. The molecule has 3 unspecified atom stereocenters. The number of aliphatic hydroxyl groups is 2. The minimum Gasteiger partial charge on any atom is -0.393 e. The maximum absolute atomic E-state index is 9.21. The second-order valence-corrected chi connectivity index (χ2v) is 2.90. The molecule has 3 atom stereocenters. The highest BCUT2D eigenvalue weighted by Crippen LogP contribution is 2.17. The Balaban J connectivity index is 2.30. The van der Waals surface area contributed by atoms with Crippen molar-refractivity contribution in [2.75, 3.05) is 13.6 Å². The van der Waals surface area contributed by atoms with E-state index in [0.29, 0.717) is 19.4 Å². The van der Waals surface area contributed by atoms with Crippen molar-refractivity contribution in [3.05, 3.63) is 0 Å². The molecule has 0 aromatic carbocycles. The van der Waals surface area contributed by atoms with Gasteiger partial charge < -0.3 is 20.3 Å². The molecule has 0 saturated carbocycles. The SMILES string of the molecule is CNCC1CC(O)CC(O)O1. The molecular weight excluding hydrogens is 146 g/mol. The van der Waals surface area contributed by atoms with Crippen LogP contribution >= 0.6 is 0 Å². The Morgan fingerprint density at radius 1 is 1.45 bits per heavy atom. The molecule has 0 aliphatic carbocycles. The standard InChI is InChI=1S/C7H15NO3/c1-8-4-6-2-5(9)3-7(10)11-6/h5-10H,2-4H2,1H3. The molecule has 0 spiro atoms. The van der Waals surface area contributed by atoms with Crippen LogP contribution in [0.25, 0.3) is 0 Å². The maximum Gasteiger partial charge on any atom is 0.157 e. The Kier molecular flexibility index (Phi) is 3.26. The monoisotopic (exact) mass is 161 g/mol. The molecule has 4 heteroatoms. The summed E-state index contributed by atoms with van der Waals surface area (Å²) in [6.07, 6.45) is -0.328. The van der Waals surface area contributed by atoms with E-state index in [0.717, 1.165) is 0 Å². The van der Waals surface area contributed by atoms with Crippen LogP contribution in [-0.2, 0) is 4.74 Å². The van der Waals surface area contributed by atoms with Gasteiger partial charge in [0.15, 0.2) is 6.29 Å². The summed E-state index contributed by atoms with van der Waals surface area (Å²) in [5, 5.41) is 21.2. The second-order valence-electron chi connectivity index (χ2n) is 2.90. The highest BCUT2D eigenvalue weighted by atomic mass is 16.6. The van der Waals surface area contributed by atoms with Gasteiger partial charge >= 0.3 is 0 Å². The van der Waals surface area contributed by atoms with E-state index >= 15 is 0 Å². The van der Waals surface area contributed by atoms with Gasteiger partial charge in [0.05, 0.1) is 12.2 Å². The van der Waals surface area contributed by atoms with Gasteiger partial charge in [-0.25, -0.2) is 0 Å². The van der Waals surface area contributed by atoms with Gasteiger partial charge in [0.2, 0.25) is 0 Å². The molecule has 0 aromatic heterocycles. The van der Waals surface area contributed by atoms with E-state index in [-0.39, 0.29) is 6.10 Å². The normalized spacial score (nSPS) is 39.0. The maximum atomic E-state index is 9.21. The lowest BCUT2D eigenvalue weighted by Gasteiger charge is -2.29. The molecular formula is C7H15NO3. The lowest BCUT2D eigenvalue weighted by Crippen LogP contribution is -2.40. The first-order valence-corrected chi connectivity index (χ1v) is 3.88. The Morgan fingerprint density at radius 3 is 2.73 bits per heavy atom. The molecule has 11 heavy (non-hydrogen) atoms. The summed E-state index contributed by atoms with van der Waals surface area (Å²) in [6.45, 7) is 0.675. The van der Waals surface area contributed by atoms with Crippen molar-refractivity contribution in [3.8, 4) is 0 Å². The molecule has 1 aliphatic rings. The summed E-state index contributed by atoms with van der Waals surface area (Å²) in [6, 6.07) is 0. The molecule has 0 amide bonds. The van der Waals surface area contributed by atoms with Crippen molar-refractivity contribution in [1.82, 2.24) is 5.32 Å². The van der Waals surface area contributed by atoms with Crippen LogP contribution in [0.1, 0.15) is 12.8 Å². The zero-order valence-corrected chi connectivity index (χ0v) is 6.66. The van der Waals surface area contributed by atoms with E-state index in [9.17, 15) is 5.11 Å². The first kappa shape index (κ1) is 8.93. The van der Waals surface area contributed by atoms with Gasteiger partial charge in [-0.1, -0.05) is 0 Å². The predicted molar refractivity (Wildman–Crippen MR) is 40.0 cm³/mol. The summed E-state index contributed by atoms with van der Waals surface area (Å²) in [7, 11) is 1.82. The number of hydrogen-bond acceptors (Lipinski definition) is 4. The average Bonchev–Trinajstić information content (AvgIpc) is 1.85. The van der Waals surface area contributed by atoms with E-state index in [1.807, 2.05) is 7.05 Å². The van der Waals surface area contributed by atoms with Crippen LogP contribution < -0.4 is 5.32 Å². The summed E-state index contributed by atoms with van der Waals surface area (Å²) in [4.78, 5) is 0. The predicted octanol–water partition coefficient (Wildman–Crippen LogP) is -0.936. The number of aliphatic hydroxyl groups excluding tert-OH is 2. The van der Waals surface area contributed by atoms with Crippen molar-refractivity contribution in [1.29, 1.82) is 0 Å². The largest absolute Gasteiger partial charge is 0.393 e. The van der Waals surface area contributed by atoms with Gasteiger partial charge in [0, 0.05) is 19.4 Å². The van der Waals surface area contributed by atoms with Crippen LogP contribution in [0.2, 0.25) is 0 Å². The summed E-state index contributed by atoms with van der Waals surface area (Å²) >= 11 is 0. The molecule has 1 saturated heterocycles. The van der Waals surface area contributed by atoms with E-state index < -0.39 is 12.4 Å². The zero-order valence-electron chi connectivity index (χ0n) is 6.66. The highest BCUT2D eigenvalue weighted by molar-refractivity contribution is 4.73. The number of hydrogen-bond donors (Lipinski definition) is 3. The van der Waals surface area contributed by atoms with Crippen LogP contribution in [0.5, 0.6) is 0 Å². The van der Waals surface area contributed by atoms with Crippen LogP contribution in [0.4, 0.5) is 0 Å². The Morgan fingerprint density at radius 2 is 2.18 bits per heavy atom. The van der Waals surface area contributed by atoms with E-state index in [1.54, 1.807) is 0 Å². The van der Waals surface area contributed by atoms with E-state index in [4.69, 9.17) is 9.84 Å². The molecule has 66 valence electrons. The Bertz CT molecular complexity index is 110. The van der Waals surface area contributed by atoms with Gasteiger partial charge in [-0.2, -0.15) is 0 Å². The molecule has 0 radical (unpaired) electrons. The van der Waals surface area contributed by atoms with Gasteiger partial charge in [0.1, 0.15) is 0 Å². The molecule has 1 fully saturated rings. The molecule has 0 aromatic rings. The van der Waals surface area contributed by atoms with Gasteiger partial charge in [-0.15, -0.1) is 0 Å². The molecule has 4 nitrogen and oxygen atoms in total.